The molecule has 2 unspecified atom stereocenters. The van der Waals surface area contributed by atoms with Crippen molar-refractivity contribution in [2.24, 2.45) is 5.92 Å². The number of esters is 1. The molecule has 0 saturated heterocycles. The molecule has 0 radical (unpaired) electrons. The second-order valence-electron chi connectivity index (χ2n) is 4.71. The summed E-state index contributed by atoms with van der Waals surface area (Å²) in [6.45, 7) is 6.54. The van der Waals surface area contributed by atoms with E-state index in [-0.39, 0.29) is 12.0 Å². The lowest BCUT2D eigenvalue weighted by Gasteiger charge is -2.25. The molecule has 2 atom stereocenters. The molecule has 1 aliphatic carbocycles. The van der Waals surface area contributed by atoms with Crippen LogP contribution in [-0.2, 0) is 9.53 Å². The lowest BCUT2D eigenvalue weighted by molar-refractivity contribution is -0.146. The zero-order valence-electron chi connectivity index (χ0n) is 10.8. The Bertz CT molecular complexity index is 212. The Labute approximate surface area is 98.9 Å². The molecule has 1 saturated carbocycles. The summed E-state index contributed by atoms with van der Waals surface area (Å²) < 4.78 is 5.06. The predicted octanol–water partition coefficient (Wildman–Crippen LogP) is 2.50. The lowest BCUT2D eigenvalue weighted by Crippen LogP contribution is -2.45. The first-order chi connectivity index (χ1) is 7.69. The summed E-state index contributed by atoms with van der Waals surface area (Å²) in [5, 5.41) is 3.42. The number of ether oxygens (including phenoxy) is 1. The van der Waals surface area contributed by atoms with Crippen LogP contribution in [0.3, 0.4) is 0 Å². The first-order valence-corrected chi connectivity index (χ1v) is 6.61. The minimum absolute atomic E-state index is 0.102. The van der Waals surface area contributed by atoms with E-state index in [4.69, 9.17) is 4.74 Å². The van der Waals surface area contributed by atoms with Crippen LogP contribution in [0.5, 0.6) is 0 Å². The van der Waals surface area contributed by atoms with E-state index >= 15 is 0 Å². The van der Waals surface area contributed by atoms with Crippen molar-refractivity contribution in [2.75, 3.05) is 6.61 Å². The Morgan fingerprint density at radius 3 is 2.50 bits per heavy atom. The first kappa shape index (κ1) is 13.5. The van der Waals surface area contributed by atoms with Crippen molar-refractivity contribution >= 4 is 5.97 Å². The van der Waals surface area contributed by atoms with Gasteiger partial charge >= 0.3 is 5.97 Å². The van der Waals surface area contributed by atoms with Gasteiger partial charge in [-0.1, -0.05) is 19.8 Å². The molecule has 0 bridgehead atoms. The van der Waals surface area contributed by atoms with Crippen LogP contribution >= 0.6 is 0 Å². The van der Waals surface area contributed by atoms with Crippen molar-refractivity contribution in [3.63, 3.8) is 0 Å². The number of hydrogen-bond donors (Lipinski definition) is 1. The summed E-state index contributed by atoms with van der Waals surface area (Å²) in [4.78, 5) is 11.6. The smallest absolute Gasteiger partial charge is 0.323 e. The summed E-state index contributed by atoms with van der Waals surface area (Å²) in [5.74, 6) is 0.637. The molecule has 0 aliphatic heterocycles. The minimum Gasteiger partial charge on any atom is -0.465 e. The second kappa shape index (κ2) is 6.89. The van der Waals surface area contributed by atoms with E-state index < -0.39 is 0 Å². The maximum atomic E-state index is 11.6. The van der Waals surface area contributed by atoms with Gasteiger partial charge < -0.3 is 10.1 Å². The van der Waals surface area contributed by atoms with Gasteiger partial charge in [0.1, 0.15) is 6.04 Å². The highest BCUT2D eigenvalue weighted by molar-refractivity contribution is 5.75. The van der Waals surface area contributed by atoms with Crippen LogP contribution in [0.15, 0.2) is 0 Å². The molecule has 3 nitrogen and oxygen atoms in total. The van der Waals surface area contributed by atoms with Crippen molar-refractivity contribution in [1.82, 2.24) is 5.32 Å². The zero-order valence-corrected chi connectivity index (χ0v) is 10.8. The Kier molecular flexibility index (Phi) is 5.81. The summed E-state index contributed by atoms with van der Waals surface area (Å²) in [5.41, 5.74) is 0. The van der Waals surface area contributed by atoms with Gasteiger partial charge in [0.25, 0.3) is 0 Å². The van der Waals surface area contributed by atoms with Crippen LogP contribution in [0, 0.1) is 5.92 Å². The van der Waals surface area contributed by atoms with Gasteiger partial charge in [0.2, 0.25) is 0 Å². The zero-order chi connectivity index (χ0) is 12.0. The van der Waals surface area contributed by atoms with Crippen molar-refractivity contribution < 1.29 is 9.53 Å². The molecule has 0 aromatic heterocycles. The number of nitrogens with one attached hydrogen (secondary N) is 1. The van der Waals surface area contributed by atoms with Gasteiger partial charge in [0.15, 0.2) is 0 Å². The highest BCUT2D eigenvalue weighted by atomic mass is 16.5. The normalized spacial score (nSPS) is 20.7. The molecule has 0 heterocycles. The number of rotatable bonds is 6. The fourth-order valence-electron chi connectivity index (χ4n) is 2.51. The van der Waals surface area contributed by atoms with Crippen molar-refractivity contribution in [3.8, 4) is 0 Å². The fraction of sp³-hybridized carbons (Fsp3) is 0.923. The maximum absolute atomic E-state index is 11.6. The molecule has 1 rings (SSSR count). The molecule has 1 N–H and O–H groups in total. The van der Waals surface area contributed by atoms with Crippen molar-refractivity contribution in [3.05, 3.63) is 0 Å². The van der Waals surface area contributed by atoms with Crippen molar-refractivity contribution in [1.29, 1.82) is 0 Å². The average molecular weight is 227 g/mol. The van der Waals surface area contributed by atoms with Crippen LogP contribution < -0.4 is 5.32 Å². The monoisotopic (exact) mass is 227 g/mol. The SMILES string of the molecule is CCOC(=O)C(CC)NC(C)C1CCCC1. The summed E-state index contributed by atoms with van der Waals surface area (Å²) >= 11 is 0. The third-order valence-corrected chi connectivity index (χ3v) is 3.55. The van der Waals surface area contributed by atoms with E-state index in [9.17, 15) is 4.79 Å². The second-order valence-corrected chi connectivity index (χ2v) is 4.71. The van der Waals surface area contributed by atoms with E-state index in [2.05, 4.69) is 12.2 Å². The third kappa shape index (κ3) is 3.78. The Hall–Kier alpha value is -0.570. The van der Waals surface area contributed by atoms with Gasteiger partial charge in [-0.15, -0.1) is 0 Å². The first-order valence-electron chi connectivity index (χ1n) is 6.61. The minimum atomic E-state index is -0.129. The Morgan fingerprint density at radius 2 is 2.00 bits per heavy atom. The van der Waals surface area contributed by atoms with E-state index in [1.807, 2.05) is 13.8 Å². The lowest BCUT2D eigenvalue weighted by atomic mass is 9.98. The molecule has 94 valence electrons. The van der Waals surface area contributed by atoms with E-state index in [1.165, 1.54) is 25.7 Å². The number of hydrogen-bond acceptors (Lipinski definition) is 3. The van der Waals surface area contributed by atoms with Gasteiger partial charge in [-0.25, -0.2) is 0 Å². The van der Waals surface area contributed by atoms with Gasteiger partial charge in [-0.05, 0) is 39.0 Å². The van der Waals surface area contributed by atoms with Gasteiger partial charge in [0.05, 0.1) is 6.61 Å². The Balaban J connectivity index is 2.39. The predicted molar refractivity (Wildman–Crippen MR) is 65.3 cm³/mol. The van der Waals surface area contributed by atoms with Gasteiger partial charge in [-0.3, -0.25) is 4.79 Å². The van der Waals surface area contributed by atoms with Gasteiger partial charge in [0, 0.05) is 6.04 Å². The number of carbonyl (C=O) groups excluding carboxylic acids is 1. The summed E-state index contributed by atoms with van der Waals surface area (Å²) in [6.07, 6.45) is 6.08. The standard InChI is InChI=1S/C13H25NO2/c1-4-12(13(15)16-5-2)14-10(3)11-8-6-7-9-11/h10-12,14H,4-9H2,1-3H3. The molecule has 3 heteroatoms. The average Bonchev–Trinajstić information content (AvgIpc) is 2.79. The number of carbonyl (C=O) groups is 1. The third-order valence-electron chi connectivity index (χ3n) is 3.55. The van der Waals surface area contributed by atoms with E-state index in [1.54, 1.807) is 0 Å². The molecule has 0 aromatic carbocycles. The van der Waals surface area contributed by atoms with Crippen LogP contribution in [0.1, 0.15) is 52.9 Å². The van der Waals surface area contributed by atoms with Crippen LogP contribution in [0.4, 0.5) is 0 Å². The summed E-state index contributed by atoms with van der Waals surface area (Å²) in [7, 11) is 0. The largest absolute Gasteiger partial charge is 0.465 e. The molecule has 16 heavy (non-hydrogen) atoms. The van der Waals surface area contributed by atoms with Gasteiger partial charge in [-0.2, -0.15) is 0 Å². The molecule has 0 spiro atoms. The van der Waals surface area contributed by atoms with Crippen molar-refractivity contribution in [2.45, 2.75) is 65.0 Å². The highest BCUT2D eigenvalue weighted by Gasteiger charge is 2.26. The molecule has 0 aromatic rings. The fourth-order valence-corrected chi connectivity index (χ4v) is 2.51. The van der Waals surface area contributed by atoms with E-state index in [0.29, 0.717) is 12.6 Å². The van der Waals surface area contributed by atoms with Crippen LogP contribution in [-0.4, -0.2) is 24.7 Å². The quantitative estimate of drug-likeness (QED) is 0.708. The maximum Gasteiger partial charge on any atom is 0.323 e. The van der Waals surface area contributed by atoms with Crippen LogP contribution in [0.25, 0.3) is 0 Å². The summed E-state index contributed by atoms with van der Waals surface area (Å²) in [6, 6.07) is 0.299. The molecule has 1 aliphatic rings. The molecular weight excluding hydrogens is 202 g/mol. The topological polar surface area (TPSA) is 38.3 Å². The molecular formula is C13H25NO2. The molecule has 1 fully saturated rings. The van der Waals surface area contributed by atoms with E-state index in [0.717, 1.165) is 12.3 Å². The highest BCUT2D eigenvalue weighted by Crippen LogP contribution is 2.27. The van der Waals surface area contributed by atoms with Crippen LogP contribution in [0.2, 0.25) is 0 Å². The Morgan fingerprint density at radius 1 is 1.38 bits per heavy atom. The molecule has 0 amide bonds.